The van der Waals surface area contributed by atoms with Gasteiger partial charge in [0, 0.05) is 12.0 Å². The van der Waals surface area contributed by atoms with Crippen molar-refractivity contribution in [3.63, 3.8) is 0 Å². The quantitative estimate of drug-likeness (QED) is 0.631. The van der Waals surface area contributed by atoms with Gasteiger partial charge in [0.1, 0.15) is 0 Å². The third-order valence-corrected chi connectivity index (χ3v) is 3.19. The molecule has 0 radical (unpaired) electrons. The molecule has 0 aliphatic rings. The lowest BCUT2D eigenvalue weighted by Gasteiger charge is -2.05. The maximum absolute atomic E-state index is 12.2. The van der Waals surface area contributed by atoms with Gasteiger partial charge in [0.25, 0.3) is 0 Å². The highest BCUT2D eigenvalue weighted by Crippen LogP contribution is 2.13. The number of methoxy groups -OCH3 is 1. The van der Waals surface area contributed by atoms with E-state index in [-0.39, 0.29) is 11.8 Å². The van der Waals surface area contributed by atoms with Gasteiger partial charge in [-0.25, -0.2) is 4.79 Å². The van der Waals surface area contributed by atoms with Crippen LogP contribution in [0.2, 0.25) is 0 Å². The number of hydrogen-bond donors (Lipinski definition) is 0. The van der Waals surface area contributed by atoms with Crippen LogP contribution in [-0.4, -0.2) is 18.9 Å². The van der Waals surface area contributed by atoms with E-state index in [9.17, 15) is 9.59 Å². The first-order chi connectivity index (χ1) is 9.61. The van der Waals surface area contributed by atoms with E-state index >= 15 is 0 Å². The van der Waals surface area contributed by atoms with Gasteiger partial charge in [-0.15, -0.1) is 0 Å². The fourth-order valence-corrected chi connectivity index (χ4v) is 2.04. The van der Waals surface area contributed by atoms with E-state index in [1.54, 1.807) is 24.3 Å². The molecule has 0 aromatic heterocycles. The molecule has 0 fully saturated rings. The van der Waals surface area contributed by atoms with Crippen LogP contribution in [-0.2, 0) is 11.2 Å². The van der Waals surface area contributed by atoms with Crippen molar-refractivity contribution in [2.75, 3.05) is 7.11 Å². The molecule has 2 rings (SSSR count). The molecule has 0 aliphatic heterocycles. The summed E-state index contributed by atoms with van der Waals surface area (Å²) < 4.78 is 4.64. The van der Waals surface area contributed by atoms with Crippen molar-refractivity contribution >= 4 is 11.8 Å². The lowest BCUT2D eigenvalue weighted by Crippen LogP contribution is -2.06. The van der Waals surface area contributed by atoms with Crippen LogP contribution in [0.4, 0.5) is 0 Å². The number of benzene rings is 2. The predicted molar refractivity (Wildman–Crippen MR) is 77.0 cm³/mol. The molecule has 0 amide bonds. The number of ketones is 1. The van der Waals surface area contributed by atoms with Gasteiger partial charge in [-0.05, 0) is 30.2 Å². The third-order valence-electron chi connectivity index (χ3n) is 3.19. The van der Waals surface area contributed by atoms with E-state index in [4.69, 9.17) is 0 Å². The molecule has 0 saturated carbocycles. The fraction of sp³-hybridized carbons (Fsp3) is 0.176. The average Bonchev–Trinajstić information content (AvgIpc) is 2.47. The third kappa shape index (κ3) is 3.12. The zero-order valence-electron chi connectivity index (χ0n) is 11.6. The first-order valence-corrected chi connectivity index (χ1v) is 6.38. The van der Waals surface area contributed by atoms with Gasteiger partial charge in [-0.3, -0.25) is 4.79 Å². The second kappa shape index (κ2) is 6.15. The molecule has 0 atom stereocenters. The Balaban J connectivity index is 2.13. The molecule has 0 spiro atoms. The van der Waals surface area contributed by atoms with Crippen molar-refractivity contribution in [1.29, 1.82) is 0 Å². The Labute approximate surface area is 118 Å². The molecule has 0 N–H and O–H groups in total. The first-order valence-electron chi connectivity index (χ1n) is 6.38. The number of carbonyl (C=O) groups is 2. The van der Waals surface area contributed by atoms with Crippen molar-refractivity contribution in [3.8, 4) is 0 Å². The summed E-state index contributed by atoms with van der Waals surface area (Å²) in [4.78, 5) is 23.5. The SMILES string of the molecule is COC(=O)c1ccc(CC(=O)c2ccccc2C)cc1. The molecule has 0 bridgehead atoms. The summed E-state index contributed by atoms with van der Waals surface area (Å²) in [5, 5.41) is 0. The van der Waals surface area contributed by atoms with Crippen molar-refractivity contribution in [3.05, 3.63) is 70.8 Å². The smallest absolute Gasteiger partial charge is 0.337 e. The number of Topliss-reactive ketones (excluding diaryl/α,β-unsaturated/α-hetero) is 1. The summed E-state index contributed by atoms with van der Waals surface area (Å²) in [5.74, 6) is -0.296. The van der Waals surface area contributed by atoms with Gasteiger partial charge in [0.2, 0.25) is 0 Å². The fourth-order valence-electron chi connectivity index (χ4n) is 2.04. The Morgan fingerprint density at radius 2 is 1.65 bits per heavy atom. The molecule has 0 unspecified atom stereocenters. The molecule has 102 valence electrons. The number of carbonyl (C=O) groups excluding carboxylic acids is 2. The number of rotatable bonds is 4. The number of aryl methyl sites for hydroxylation is 1. The number of ether oxygens (including phenoxy) is 1. The molecule has 3 heteroatoms. The van der Waals surface area contributed by atoms with E-state index in [0.29, 0.717) is 12.0 Å². The molecule has 0 heterocycles. The van der Waals surface area contributed by atoms with Gasteiger partial charge in [0.05, 0.1) is 12.7 Å². The van der Waals surface area contributed by atoms with Crippen LogP contribution in [0.1, 0.15) is 31.8 Å². The van der Waals surface area contributed by atoms with Gasteiger partial charge in [0.15, 0.2) is 5.78 Å². The highest BCUT2D eigenvalue weighted by Gasteiger charge is 2.10. The second-order valence-electron chi connectivity index (χ2n) is 4.60. The standard InChI is InChI=1S/C17H16O3/c1-12-5-3-4-6-15(12)16(18)11-13-7-9-14(10-8-13)17(19)20-2/h3-10H,11H2,1-2H3. The predicted octanol–water partition coefficient (Wildman–Crippen LogP) is 3.21. The van der Waals surface area contributed by atoms with Crippen LogP contribution in [0, 0.1) is 6.92 Å². The molecule has 20 heavy (non-hydrogen) atoms. The Bertz CT molecular complexity index is 627. The Kier molecular flexibility index (Phi) is 4.31. The van der Waals surface area contributed by atoms with Crippen molar-refractivity contribution in [1.82, 2.24) is 0 Å². The largest absolute Gasteiger partial charge is 0.465 e. The number of hydrogen-bond acceptors (Lipinski definition) is 3. The van der Waals surface area contributed by atoms with Gasteiger partial charge in [-0.2, -0.15) is 0 Å². The Hall–Kier alpha value is -2.42. The average molecular weight is 268 g/mol. The van der Waals surface area contributed by atoms with E-state index in [2.05, 4.69) is 4.74 Å². The van der Waals surface area contributed by atoms with Gasteiger partial charge in [-0.1, -0.05) is 36.4 Å². The number of esters is 1. The molecule has 3 nitrogen and oxygen atoms in total. The summed E-state index contributed by atoms with van der Waals surface area (Å²) in [6, 6.07) is 14.4. The minimum atomic E-state index is -0.373. The Morgan fingerprint density at radius 1 is 1.00 bits per heavy atom. The van der Waals surface area contributed by atoms with E-state index in [1.807, 2.05) is 31.2 Å². The summed E-state index contributed by atoms with van der Waals surface area (Å²) in [7, 11) is 1.35. The van der Waals surface area contributed by atoms with Crippen molar-refractivity contribution < 1.29 is 14.3 Å². The first kappa shape index (κ1) is 14.0. The highest BCUT2D eigenvalue weighted by atomic mass is 16.5. The maximum atomic E-state index is 12.2. The normalized spacial score (nSPS) is 10.1. The summed E-state index contributed by atoms with van der Waals surface area (Å²) in [5.41, 5.74) is 3.08. The van der Waals surface area contributed by atoms with Crippen LogP contribution in [0.25, 0.3) is 0 Å². The monoisotopic (exact) mass is 268 g/mol. The van der Waals surface area contributed by atoms with Crippen molar-refractivity contribution in [2.45, 2.75) is 13.3 Å². The maximum Gasteiger partial charge on any atom is 0.337 e. The molecular formula is C17H16O3. The minimum absolute atomic E-state index is 0.0777. The topological polar surface area (TPSA) is 43.4 Å². The Morgan fingerprint density at radius 3 is 2.25 bits per heavy atom. The second-order valence-corrected chi connectivity index (χ2v) is 4.60. The zero-order chi connectivity index (χ0) is 14.5. The molecule has 0 aliphatic carbocycles. The molecule has 2 aromatic carbocycles. The highest BCUT2D eigenvalue weighted by molar-refractivity contribution is 5.98. The summed E-state index contributed by atoms with van der Waals surface area (Å²) in [6.07, 6.45) is 0.326. The van der Waals surface area contributed by atoms with E-state index in [0.717, 1.165) is 16.7 Å². The van der Waals surface area contributed by atoms with E-state index in [1.165, 1.54) is 7.11 Å². The van der Waals surface area contributed by atoms with Crippen LogP contribution in [0.5, 0.6) is 0 Å². The molecule has 2 aromatic rings. The van der Waals surface area contributed by atoms with Crippen molar-refractivity contribution in [2.24, 2.45) is 0 Å². The molecular weight excluding hydrogens is 252 g/mol. The van der Waals surface area contributed by atoms with Gasteiger partial charge >= 0.3 is 5.97 Å². The summed E-state index contributed by atoms with van der Waals surface area (Å²) in [6.45, 7) is 1.92. The van der Waals surface area contributed by atoms with E-state index < -0.39 is 0 Å². The van der Waals surface area contributed by atoms with Gasteiger partial charge < -0.3 is 4.74 Å². The minimum Gasteiger partial charge on any atom is -0.465 e. The zero-order valence-corrected chi connectivity index (χ0v) is 11.6. The van der Waals surface area contributed by atoms with Crippen LogP contribution < -0.4 is 0 Å². The van der Waals surface area contributed by atoms with Crippen LogP contribution >= 0.6 is 0 Å². The lowest BCUT2D eigenvalue weighted by atomic mass is 9.99. The van der Waals surface area contributed by atoms with Crippen LogP contribution in [0.3, 0.4) is 0 Å². The summed E-state index contributed by atoms with van der Waals surface area (Å²) >= 11 is 0. The van der Waals surface area contributed by atoms with Crippen LogP contribution in [0.15, 0.2) is 48.5 Å². The molecule has 0 saturated heterocycles. The lowest BCUT2D eigenvalue weighted by molar-refractivity contribution is 0.0600.